The highest BCUT2D eigenvalue weighted by Crippen LogP contribution is 2.07. The van der Waals surface area contributed by atoms with Crippen molar-refractivity contribution in [3.8, 4) is 0 Å². The Morgan fingerprint density at radius 1 is 1.17 bits per heavy atom. The minimum Gasteiger partial charge on any atom is -0.280 e. The first-order valence-electron chi connectivity index (χ1n) is 0.957. The first-order valence-corrected chi connectivity index (χ1v) is 3.97. The van der Waals surface area contributed by atoms with Crippen LogP contribution in [0.25, 0.3) is 0 Å². The highest BCUT2D eigenvalue weighted by Gasteiger charge is 1.82. The third-order valence-electron chi connectivity index (χ3n) is 0. The molecular formula is H7BrN3PS. The van der Waals surface area contributed by atoms with E-state index in [1.807, 2.05) is 0 Å². The summed E-state index contributed by atoms with van der Waals surface area (Å²) >= 11 is 4.27. The molecule has 0 aliphatic carbocycles. The normalized spacial score (nSPS) is 9.83. The fraction of sp³-hybridized carbons (Fsp3) is 0. The molecule has 0 aromatic carbocycles. The van der Waals surface area contributed by atoms with E-state index in [1.54, 1.807) is 0 Å². The summed E-state index contributed by atoms with van der Waals surface area (Å²) in [6.45, 7) is -2.31. The van der Waals surface area contributed by atoms with Crippen LogP contribution in [-0.4, -0.2) is 0 Å². The molecule has 0 atom stereocenters. The van der Waals surface area contributed by atoms with Crippen molar-refractivity contribution in [2.45, 2.75) is 0 Å². The van der Waals surface area contributed by atoms with Gasteiger partial charge in [0, 0.05) is 0 Å². The minimum atomic E-state index is -2.31. The van der Waals surface area contributed by atoms with Gasteiger partial charge in [0.25, 0.3) is 0 Å². The first kappa shape index (κ1) is 10.1. The SMILES string of the molecule is Br.NP(N)(N)=S. The summed E-state index contributed by atoms with van der Waals surface area (Å²) in [6, 6.07) is 0. The van der Waals surface area contributed by atoms with Gasteiger partial charge in [0.05, 0.1) is 0 Å². The van der Waals surface area contributed by atoms with Crippen molar-refractivity contribution in [2.75, 3.05) is 0 Å². The van der Waals surface area contributed by atoms with Crippen molar-refractivity contribution >= 4 is 35.3 Å². The Balaban J connectivity index is 0. The maximum absolute atomic E-state index is 4.84. The molecule has 0 saturated heterocycles. The monoisotopic (exact) mass is 191 g/mol. The van der Waals surface area contributed by atoms with Crippen LogP contribution < -0.4 is 16.5 Å². The van der Waals surface area contributed by atoms with Gasteiger partial charge in [-0.2, -0.15) is 0 Å². The number of hydrogen-bond donors (Lipinski definition) is 3. The van der Waals surface area contributed by atoms with Crippen LogP contribution in [0.4, 0.5) is 0 Å². The molecule has 0 heterocycles. The van der Waals surface area contributed by atoms with Crippen LogP contribution in [0.2, 0.25) is 0 Å². The van der Waals surface area contributed by atoms with Gasteiger partial charge in [-0.25, -0.2) is 0 Å². The largest absolute Gasteiger partial charge is 0.280 e. The Labute approximate surface area is 52.2 Å². The molecule has 0 aromatic heterocycles. The molecule has 0 unspecified atom stereocenters. The smallest absolute Gasteiger partial charge is 0.129 e. The van der Waals surface area contributed by atoms with Gasteiger partial charge in [-0.05, 0) is 11.8 Å². The molecule has 0 radical (unpaired) electrons. The number of halogens is 1. The fourth-order valence-electron chi connectivity index (χ4n) is 0. The lowest BCUT2D eigenvalue weighted by Crippen LogP contribution is -2.11. The second-order valence-electron chi connectivity index (χ2n) is 0.763. The predicted molar refractivity (Wildman–Crippen MR) is 37.2 cm³/mol. The van der Waals surface area contributed by atoms with Gasteiger partial charge in [-0.1, -0.05) is 0 Å². The fourth-order valence-corrected chi connectivity index (χ4v) is 0. The molecule has 6 N–H and O–H groups in total. The molecule has 0 bridgehead atoms. The Kier molecular flexibility index (Phi) is 5.16. The first-order chi connectivity index (χ1) is 2.00. The van der Waals surface area contributed by atoms with E-state index in [9.17, 15) is 0 Å². The van der Waals surface area contributed by atoms with Crippen LogP contribution in [0.3, 0.4) is 0 Å². The van der Waals surface area contributed by atoms with E-state index in [2.05, 4.69) is 11.8 Å². The zero-order valence-corrected chi connectivity index (χ0v) is 6.42. The maximum Gasteiger partial charge on any atom is 0.129 e. The predicted octanol–water partition coefficient (Wildman–Crippen LogP) is -0.335. The molecule has 0 spiro atoms. The molecule has 3 nitrogen and oxygen atoms in total. The van der Waals surface area contributed by atoms with Gasteiger partial charge in [-0.3, -0.25) is 16.5 Å². The third kappa shape index (κ3) is 79.0. The molecule has 0 rings (SSSR count). The van der Waals surface area contributed by atoms with Crippen LogP contribution >= 0.6 is 23.5 Å². The van der Waals surface area contributed by atoms with Gasteiger partial charge >= 0.3 is 0 Å². The summed E-state index contributed by atoms with van der Waals surface area (Å²) in [5.41, 5.74) is 14.5. The van der Waals surface area contributed by atoms with Crippen molar-refractivity contribution in [2.24, 2.45) is 16.5 Å². The van der Waals surface area contributed by atoms with E-state index in [-0.39, 0.29) is 17.0 Å². The minimum absolute atomic E-state index is 0. The third-order valence-corrected chi connectivity index (χ3v) is 0. The zero-order chi connectivity index (χ0) is 4.50. The van der Waals surface area contributed by atoms with Gasteiger partial charge in [0.2, 0.25) is 0 Å². The summed E-state index contributed by atoms with van der Waals surface area (Å²) in [4.78, 5) is 0. The number of hydrogen-bond acceptors (Lipinski definition) is 1. The summed E-state index contributed by atoms with van der Waals surface area (Å²) in [6.07, 6.45) is 0. The Bertz CT molecular complexity index is 56.9. The van der Waals surface area contributed by atoms with Crippen molar-refractivity contribution in [3.63, 3.8) is 0 Å². The number of nitrogens with two attached hydrogens (primary N) is 3. The molecule has 40 valence electrons. The zero-order valence-electron chi connectivity index (χ0n) is 3.00. The average molecular weight is 192 g/mol. The molecule has 0 aromatic rings. The molecule has 0 amide bonds. The average Bonchev–Trinajstić information content (AvgIpc) is 0.722. The van der Waals surface area contributed by atoms with Gasteiger partial charge in [-0.15, -0.1) is 17.0 Å². The van der Waals surface area contributed by atoms with Crippen LogP contribution in [0.15, 0.2) is 0 Å². The van der Waals surface area contributed by atoms with Crippen molar-refractivity contribution in [1.82, 2.24) is 0 Å². The molecule has 0 aliphatic rings. The maximum atomic E-state index is 4.84. The van der Waals surface area contributed by atoms with Crippen LogP contribution in [0, 0.1) is 0 Å². The van der Waals surface area contributed by atoms with Crippen molar-refractivity contribution in [1.29, 1.82) is 0 Å². The van der Waals surface area contributed by atoms with E-state index >= 15 is 0 Å². The lowest BCUT2D eigenvalue weighted by Gasteiger charge is -1.94. The Hall–Kier alpha value is 1.01. The second kappa shape index (κ2) is 3.07. The van der Waals surface area contributed by atoms with E-state index in [0.717, 1.165) is 0 Å². The van der Waals surface area contributed by atoms with E-state index in [4.69, 9.17) is 16.5 Å². The molecule has 6 heteroatoms. The lowest BCUT2D eigenvalue weighted by atomic mass is 13.8. The Morgan fingerprint density at radius 3 is 1.17 bits per heavy atom. The summed E-state index contributed by atoms with van der Waals surface area (Å²) in [7, 11) is 0. The van der Waals surface area contributed by atoms with E-state index < -0.39 is 6.49 Å². The van der Waals surface area contributed by atoms with Gasteiger partial charge in [0.1, 0.15) is 6.49 Å². The van der Waals surface area contributed by atoms with Gasteiger partial charge < -0.3 is 0 Å². The highest BCUT2D eigenvalue weighted by atomic mass is 79.9. The lowest BCUT2D eigenvalue weighted by molar-refractivity contribution is 1.68. The highest BCUT2D eigenvalue weighted by molar-refractivity contribution is 8.93. The molecule has 0 saturated carbocycles. The van der Waals surface area contributed by atoms with Crippen LogP contribution in [0.5, 0.6) is 0 Å². The molecule has 0 aliphatic heterocycles. The van der Waals surface area contributed by atoms with Crippen LogP contribution in [0.1, 0.15) is 0 Å². The summed E-state index contributed by atoms with van der Waals surface area (Å²) in [5, 5.41) is 0. The summed E-state index contributed by atoms with van der Waals surface area (Å²) < 4.78 is 0. The standard InChI is InChI=1S/BrH.H6N3PS/c;1-4(2,3)5/h1H;(H6,1,2,3,5). The van der Waals surface area contributed by atoms with Gasteiger partial charge in [0.15, 0.2) is 0 Å². The quantitative estimate of drug-likeness (QED) is 0.459. The van der Waals surface area contributed by atoms with Crippen molar-refractivity contribution < 1.29 is 0 Å². The number of rotatable bonds is 0. The second-order valence-corrected chi connectivity index (χ2v) is 4.19. The van der Waals surface area contributed by atoms with E-state index in [0.29, 0.717) is 0 Å². The van der Waals surface area contributed by atoms with Crippen LogP contribution in [-0.2, 0) is 11.8 Å². The Morgan fingerprint density at radius 2 is 1.17 bits per heavy atom. The molecule has 6 heavy (non-hydrogen) atoms. The van der Waals surface area contributed by atoms with E-state index in [1.165, 1.54) is 0 Å². The molecule has 0 fully saturated rings. The molecular weight excluding hydrogens is 185 g/mol. The van der Waals surface area contributed by atoms with Crippen molar-refractivity contribution in [3.05, 3.63) is 0 Å². The topological polar surface area (TPSA) is 78.1 Å². The summed E-state index contributed by atoms with van der Waals surface area (Å²) in [5.74, 6) is 0.